The Bertz CT molecular complexity index is 827. The van der Waals surface area contributed by atoms with Crippen LogP contribution in [-0.4, -0.2) is 66.9 Å². The van der Waals surface area contributed by atoms with Gasteiger partial charge in [-0.1, -0.05) is 0 Å². The quantitative estimate of drug-likeness (QED) is 0.675. The molecule has 0 aliphatic carbocycles. The predicted molar refractivity (Wildman–Crippen MR) is 108 cm³/mol. The lowest BCUT2D eigenvalue weighted by Gasteiger charge is -2.39. The molecule has 2 aliphatic rings. The SMILES string of the molecule is CCOC(=O)C(C)N1C(=O)COc2ccc(OC3CN(C(=O)OC(C)(C)C)C3)cc21. The lowest BCUT2D eigenvalue weighted by atomic mass is 10.1. The number of carbonyl (C=O) groups excluding carboxylic acids is 3. The van der Waals surface area contributed by atoms with E-state index < -0.39 is 17.6 Å². The number of esters is 1. The highest BCUT2D eigenvalue weighted by Gasteiger charge is 2.37. The molecule has 1 aromatic rings. The van der Waals surface area contributed by atoms with E-state index in [2.05, 4.69) is 0 Å². The van der Waals surface area contributed by atoms with Gasteiger partial charge < -0.3 is 23.8 Å². The fourth-order valence-electron chi connectivity index (χ4n) is 3.20. The van der Waals surface area contributed by atoms with Gasteiger partial charge in [-0.3, -0.25) is 9.69 Å². The monoisotopic (exact) mass is 420 g/mol. The number of carbonyl (C=O) groups is 3. The summed E-state index contributed by atoms with van der Waals surface area (Å²) in [5, 5.41) is 0. The summed E-state index contributed by atoms with van der Waals surface area (Å²) >= 11 is 0. The summed E-state index contributed by atoms with van der Waals surface area (Å²) in [4.78, 5) is 39.6. The first-order valence-corrected chi connectivity index (χ1v) is 9.99. The largest absolute Gasteiger partial charge is 0.487 e. The fourth-order valence-corrected chi connectivity index (χ4v) is 3.20. The average molecular weight is 420 g/mol. The van der Waals surface area contributed by atoms with Gasteiger partial charge in [-0.25, -0.2) is 9.59 Å². The zero-order chi connectivity index (χ0) is 22.1. The number of fused-ring (bicyclic) bond motifs is 1. The Labute approximate surface area is 175 Å². The number of benzene rings is 1. The van der Waals surface area contributed by atoms with Crippen molar-refractivity contribution in [2.75, 3.05) is 31.2 Å². The van der Waals surface area contributed by atoms with Crippen LogP contribution in [-0.2, 0) is 19.1 Å². The van der Waals surface area contributed by atoms with E-state index in [-0.39, 0.29) is 31.3 Å². The van der Waals surface area contributed by atoms with Crippen molar-refractivity contribution in [2.24, 2.45) is 0 Å². The maximum absolute atomic E-state index is 12.4. The van der Waals surface area contributed by atoms with Crippen LogP contribution in [0.1, 0.15) is 34.6 Å². The van der Waals surface area contributed by atoms with Gasteiger partial charge >= 0.3 is 12.1 Å². The van der Waals surface area contributed by atoms with E-state index in [1.807, 2.05) is 20.8 Å². The minimum absolute atomic E-state index is 0.148. The van der Waals surface area contributed by atoms with E-state index in [9.17, 15) is 14.4 Å². The van der Waals surface area contributed by atoms with Crippen molar-refractivity contribution in [3.63, 3.8) is 0 Å². The van der Waals surface area contributed by atoms with Gasteiger partial charge in [0.2, 0.25) is 0 Å². The maximum atomic E-state index is 12.4. The lowest BCUT2D eigenvalue weighted by molar-refractivity contribution is -0.145. The smallest absolute Gasteiger partial charge is 0.410 e. The fraction of sp³-hybridized carbons (Fsp3) is 0.571. The molecule has 9 heteroatoms. The molecule has 1 atom stereocenters. The molecule has 2 aliphatic heterocycles. The molecule has 1 fully saturated rings. The van der Waals surface area contributed by atoms with E-state index in [0.29, 0.717) is 30.3 Å². The van der Waals surface area contributed by atoms with E-state index in [1.165, 1.54) is 4.90 Å². The van der Waals surface area contributed by atoms with Gasteiger partial charge in [-0.05, 0) is 46.8 Å². The Morgan fingerprint density at radius 1 is 1.27 bits per heavy atom. The van der Waals surface area contributed by atoms with E-state index in [4.69, 9.17) is 18.9 Å². The molecule has 1 aromatic carbocycles. The molecule has 9 nitrogen and oxygen atoms in total. The summed E-state index contributed by atoms with van der Waals surface area (Å²) in [6.07, 6.45) is -0.562. The van der Waals surface area contributed by atoms with Crippen LogP contribution in [0.2, 0.25) is 0 Å². The molecule has 30 heavy (non-hydrogen) atoms. The molecule has 2 heterocycles. The number of anilines is 1. The molecule has 0 aromatic heterocycles. The maximum Gasteiger partial charge on any atom is 0.410 e. The van der Waals surface area contributed by atoms with Crippen LogP contribution in [0.3, 0.4) is 0 Å². The number of ether oxygens (including phenoxy) is 4. The highest BCUT2D eigenvalue weighted by Crippen LogP contribution is 2.37. The molecule has 0 spiro atoms. The van der Waals surface area contributed by atoms with Crippen molar-refractivity contribution < 1.29 is 33.3 Å². The van der Waals surface area contributed by atoms with Crippen LogP contribution < -0.4 is 14.4 Å². The Morgan fingerprint density at radius 3 is 2.60 bits per heavy atom. The van der Waals surface area contributed by atoms with Crippen LogP contribution in [0.15, 0.2) is 18.2 Å². The third-order valence-electron chi connectivity index (χ3n) is 4.63. The molecule has 1 saturated heterocycles. The lowest BCUT2D eigenvalue weighted by Crippen LogP contribution is -2.57. The Kier molecular flexibility index (Phi) is 6.09. The molecule has 2 amide bonds. The molecule has 3 rings (SSSR count). The van der Waals surface area contributed by atoms with Gasteiger partial charge in [-0.2, -0.15) is 0 Å². The molecular formula is C21H28N2O7. The molecule has 164 valence electrons. The Hall–Kier alpha value is -2.97. The van der Waals surface area contributed by atoms with Gasteiger partial charge in [0.1, 0.15) is 29.2 Å². The van der Waals surface area contributed by atoms with E-state index >= 15 is 0 Å². The van der Waals surface area contributed by atoms with Crippen molar-refractivity contribution in [3.05, 3.63) is 18.2 Å². The van der Waals surface area contributed by atoms with Crippen molar-refractivity contribution >= 4 is 23.7 Å². The van der Waals surface area contributed by atoms with Gasteiger partial charge in [0, 0.05) is 6.07 Å². The number of nitrogens with zero attached hydrogens (tertiary/aromatic N) is 2. The highest BCUT2D eigenvalue weighted by atomic mass is 16.6. The minimum atomic E-state index is -0.790. The third kappa shape index (κ3) is 4.77. The van der Waals surface area contributed by atoms with Crippen LogP contribution in [0.25, 0.3) is 0 Å². The number of hydrogen-bond acceptors (Lipinski definition) is 7. The third-order valence-corrected chi connectivity index (χ3v) is 4.63. The number of likely N-dealkylation sites (tertiary alicyclic amines) is 1. The molecular weight excluding hydrogens is 392 g/mol. The first-order chi connectivity index (χ1) is 14.1. The number of rotatable bonds is 5. The second-order valence-electron chi connectivity index (χ2n) is 8.24. The van der Waals surface area contributed by atoms with Crippen LogP contribution >= 0.6 is 0 Å². The topological polar surface area (TPSA) is 94.6 Å². The standard InChI is InChI=1S/C21H28N2O7/c1-6-27-19(25)13(2)23-16-9-14(7-8-17(16)28-12-18(23)24)29-15-10-22(11-15)20(26)30-21(3,4)5/h7-9,13,15H,6,10-12H2,1-5H3. The molecule has 0 bridgehead atoms. The zero-order valence-electron chi connectivity index (χ0n) is 18.0. The van der Waals surface area contributed by atoms with Gasteiger partial charge in [-0.15, -0.1) is 0 Å². The van der Waals surface area contributed by atoms with Gasteiger partial charge in [0.15, 0.2) is 6.61 Å². The summed E-state index contributed by atoms with van der Waals surface area (Å²) in [6, 6.07) is 4.31. The minimum Gasteiger partial charge on any atom is -0.487 e. The first kappa shape index (κ1) is 21.7. The first-order valence-electron chi connectivity index (χ1n) is 9.99. The van der Waals surface area contributed by atoms with Crippen LogP contribution in [0, 0.1) is 0 Å². The van der Waals surface area contributed by atoms with E-state index in [0.717, 1.165) is 0 Å². The van der Waals surface area contributed by atoms with Crippen molar-refractivity contribution in [1.82, 2.24) is 4.90 Å². The normalized spacial score (nSPS) is 17.4. The van der Waals surface area contributed by atoms with Crippen LogP contribution in [0.5, 0.6) is 11.5 Å². The Balaban J connectivity index is 1.68. The molecule has 0 N–H and O–H groups in total. The van der Waals surface area contributed by atoms with E-state index in [1.54, 1.807) is 36.9 Å². The summed E-state index contributed by atoms with van der Waals surface area (Å²) in [5.74, 6) is 0.181. The second-order valence-corrected chi connectivity index (χ2v) is 8.24. The molecule has 0 radical (unpaired) electrons. The predicted octanol–water partition coefficient (Wildman–Crippen LogP) is 2.36. The molecule has 0 saturated carbocycles. The Morgan fingerprint density at radius 2 is 1.97 bits per heavy atom. The van der Waals surface area contributed by atoms with Crippen molar-refractivity contribution in [2.45, 2.75) is 52.4 Å². The van der Waals surface area contributed by atoms with Crippen LogP contribution in [0.4, 0.5) is 10.5 Å². The summed E-state index contributed by atoms with van der Waals surface area (Å²) in [6.45, 7) is 9.68. The second kappa shape index (κ2) is 8.41. The summed E-state index contributed by atoms with van der Waals surface area (Å²) in [5.41, 5.74) is -0.0970. The van der Waals surface area contributed by atoms with Crippen molar-refractivity contribution in [3.8, 4) is 11.5 Å². The summed E-state index contributed by atoms with van der Waals surface area (Å²) < 4.78 is 21.8. The van der Waals surface area contributed by atoms with Crippen molar-refractivity contribution in [1.29, 1.82) is 0 Å². The average Bonchev–Trinajstić information content (AvgIpc) is 2.62. The van der Waals surface area contributed by atoms with Gasteiger partial charge in [0.25, 0.3) is 5.91 Å². The number of amides is 2. The molecule has 1 unspecified atom stereocenters. The summed E-state index contributed by atoms with van der Waals surface area (Å²) in [7, 11) is 0. The number of hydrogen-bond donors (Lipinski definition) is 0. The van der Waals surface area contributed by atoms with Gasteiger partial charge in [0.05, 0.1) is 25.4 Å². The zero-order valence-corrected chi connectivity index (χ0v) is 18.0. The highest BCUT2D eigenvalue weighted by molar-refractivity contribution is 6.02.